The van der Waals surface area contributed by atoms with E-state index in [0.717, 1.165) is 12.1 Å². The third-order valence-electron chi connectivity index (χ3n) is 1.89. The summed E-state index contributed by atoms with van der Waals surface area (Å²) in [5.41, 5.74) is -2.82. The van der Waals surface area contributed by atoms with E-state index in [1.165, 1.54) is 6.92 Å². The maximum absolute atomic E-state index is 10.6. The minimum Gasteiger partial charge on any atom is -0.258 e. The molecule has 13 nitrogen and oxygen atoms in total. The van der Waals surface area contributed by atoms with Crippen LogP contribution in [0.2, 0.25) is 0 Å². The Morgan fingerprint density at radius 2 is 1.25 bits per heavy atom. The zero-order valence-corrected chi connectivity index (χ0v) is 9.79. The van der Waals surface area contributed by atoms with E-state index in [1.807, 2.05) is 0 Å². The molecule has 1 aromatic carbocycles. The molecule has 0 atom stereocenters. The van der Waals surface area contributed by atoms with E-state index in [0.29, 0.717) is 0 Å². The van der Waals surface area contributed by atoms with Crippen LogP contribution >= 0.6 is 0 Å². The number of nitro groups is 4. The number of hydrazine groups is 1. The zero-order valence-electron chi connectivity index (χ0n) is 9.79. The fraction of sp³-hybridized carbons (Fsp3) is 0.143. The molecular weight excluding hydrogens is 282 g/mol. The predicted octanol–water partition coefficient (Wildman–Crippen LogP) is 0.856. The fourth-order valence-electron chi connectivity index (χ4n) is 1.23. The highest BCUT2D eigenvalue weighted by Crippen LogP contribution is 2.38. The Bertz CT molecular complexity index is 581. The van der Waals surface area contributed by atoms with Gasteiger partial charge in [0.15, 0.2) is 5.03 Å². The summed E-state index contributed by atoms with van der Waals surface area (Å²) in [5, 5.41) is 39.3. The lowest BCUT2D eigenvalue weighted by atomic mass is 10.1. The molecule has 13 heteroatoms. The quantitative estimate of drug-likeness (QED) is 0.475. The highest BCUT2D eigenvalue weighted by molar-refractivity contribution is 5.68. The molecule has 1 rings (SSSR count). The highest BCUT2D eigenvalue weighted by atomic mass is 16.7. The normalized spacial score (nSPS) is 9.05. The first-order valence-corrected chi connectivity index (χ1v) is 4.55. The molecule has 0 aliphatic rings. The van der Waals surface area contributed by atoms with E-state index in [9.17, 15) is 30.3 Å². The van der Waals surface area contributed by atoms with Crippen molar-refractivity contribution in [2.24, 2.45) is 5.84 Å². The van der Waals surface area contributed by atoms with Gasteiger partial charge in [0, 0.05) is 11.6 Å². The molecular formula is C7H7N5O8. The van der Waals surface area contributed by atoms with Crippen molar-refractivity contribution in [3.63, 3.8) is 0 Å². The van der Waals surface area contributed by atoms with Crippen LogP contribution in [0.4, 0.5) is 17.1 Å². The molecule has 0 saturated heterocycles. The fourth-order valence-corrected chi connectivity index (χ4v) is 1.23. The SMILES string of the molecule is Cc1ccc([N+](=O)[O-])c([N+](=O)[O-])c1[N+](=O)[O-].N[N+](=O)[O-]. The number of nitrogens with zero attached hydrogens (tertiary/aromatic N) is 4. The van der Waals surface area contributed by atoms with Gasteiger partial charge in [-0.05, 0) is 13.0 Å². The molecule has 1 aromatic rings. The molecule has 20 heavy (non-hydrogen) atoms. The zero-order chi connectivity index (χ0) is 16.0. The van der Waals surface area contributed by atoms with Gasteiger partial charge in [-0.15, -0.1) is 0 Å². The Kier molecular flexibility index (Phi) is 5.42. The summed E-state index contributed by atoms with van der Waals surface area (Å²) >= 11 is 0. The van der Waals surface area contributed by atoms with Crippen molar-refractivity contribution in [2.45, 2.75) is 6.92 Å². The summed E-state index contributed by atoms with van der Waals surface area (Å²) in [6, 6.07) is 1.98. The van der Waals surface area contributed by atoms with Crippen molar-refractivity contribution < 1.29 is 19.8 Å². The summed E-state index contributed by atoms with van der Waals surface area (Å²) in [7, 11) is 0. The Morgan fingerprint density at radius 3 is 1.55 bits per heavy atom. The molecule has 0 aromatic heterocycles. The van der Waals surface area contributed by atoms with Gasteiger partial charge < -0.3 is 0 Å². The summed E-state index contributed by atoms with van der Waals surface area (Å²) in [6.07, 6.45) is 0. The molecule has 0 unspecified atom stereocenters. The maximum Gasteiger partial charge on any atom is 0.422 e. The lowest BCUT2D eigenvalue weighted by Gasteiger charge is -1.98. The van der Waals surface area contributed by atoms with Crippen molar-refractivity contribution in [1.82, 2.24) is 0 Å². The van der Waals surface area contributed by atoms with Gasteiger partial charge in [0.2, 0.25) is 0 Å². The van der Waals surface area contributed by atoms with E-state index >= 15 is 0 Å². The van der Waals surface area contributed by atoms with Gasteiger partial charge in [0.25, 0.3) is 0 Å². The van der Waals surface area contributed by atoms with Gasteiger partial charge in [-0.1, -0.05) is 0 Å². The second-order valence-electron chi connectivity index (χ2n) is 3.16. The molecule has 0 fully saturated rings. The topological polar surface area (TPSA) is 199 Å². The summed E-state index contributed by atoms with van der Waals surface area (Å²) in [4.78, 5) is 37.1. The van der Waals surface area contributed by atoms with Crippen LogP contribution in [0.1, 0.15) is 5.56 Å². The first-order chi connectivity index (χ1) is 9.09. The Morgan fingerprint density at radius 1 is 0.850 bits per heavy atom. The van der Waals surface area contributed by atoms with Crippen LogP contribution in [0.15, 0.2) is 12.1 Å². The van der Waals surface area contributed by atoms with Gasteiger partial charge >= 0.3 is 17.1 Å². The van der Waals surface area contributed by atoms with Gasteiger partial charge in [0.05, 0.1) is 14.8 Å². The van der Waals surface area contributed by atoms with E-state index < -0.39 is 36.9 Å². The number of aryl methyl sites for hydroxylation is 1. The number of benzene rings is 1. The van der Waals surface area contributed by atoms with E-state index in [2.05, 4.69) is 5.84 Å². The summed E-state index contributed by atoms with van der Waals surface area (Å²) < 4.78 is 0. The molecule has 0 aliphatic heterocycles. The second kappa shape index (κ2) is 6.53. The molecule has 0 radical (unpaired) electrons. The minimum atomic E-state index is -1.12. The molecule has 0 aliphatic carbocycles. The van der Waals surface area contributed by atoms with Crippen molar-refractivity contribution >= 4 is 17.1 Å². The number of hydrogen-bond acceptors (Lipinski definition) is 8. The average molecular weight is 289 g/mol. The summed E-state index contributed by atoms with van der Waals surface area (Å²) in [6.45, 7) is 1.27. The van der Waals surface area contributed by atoms with Crippen LogP contribution in [0, 0.1) is 47.4 Å². The smallest absolute Gasteiger partial charge is 0.258 e. The highest BCUT2D eigenvalue weighted by Gasteiger charge is 2.37. The van der Waals surface area contributed by atoms with Gasteiger partial charge in [0.1, 0.15) is 0 Å². The molecule has 0 bridgehead atoms. The predicted molar refractivity (Wildman–Crippen MR) is 62.3 cm³/mol. The van der Waals surface area contributed by atoms with Crippen LogP contribution in [-0.4, -0.2) is 19.8 Å². The Balaban J connectivity index is 0.000000796. The molecule has 108 valence electrons. The van der Waals surface area contributed by atoms with Crippen LogP contribution in [0.25, 0.3) is 0 Å². The number of nitrogens with two attached hydrogens (primary N) is 1. The largest absolute Gasteiger partial charge is 0.422 e. The van der Waals surface area contributed by atoms with Crippen LogP contribution < -0.4 is 5.84 Å². The Hall–Kier alpha value is -3.38. The third kappa shape index (κ3) is 4.13. The van der Waals surface area contributed by atoms with Crippen molar-refractivity contribution in [2.75, 3.05) is 0 Å². The molecule has 0 heterocycles. The molecule has 0 spiro atoms. The molecule has 0 saturated carbocycles. The van der Waals surface area contributed by atoms with Gasteiger partial charge in [-0.2, -0.15) is 5.84 Å². The first-order valence-electron chi connectivity index (χ1n) is 4.55. The van der Waals surface area contributed by atoms with Crippen LogP contribution in [0.3, 0.4) is 0 Å². The van der Waals surface area contributed by atoms with E-state index in [4.69, 9.17) is 10.1 Å². The lowest BCUT2D eigenvalue weighted by Crippen LogP contribution is -2.04. The molecule has 0 amide bonds. The van der Waals surface area contributed by atoms with Crippen molar-refractivity contribution in [3.8, 4) is 0 Å². The second-order valence-corrected chi connectivity index (χ2v) is 3.16. The van der Waals surface area contributed by atoms with Crippen LogP contribution in [0.5, 0.6) is 0 Å². The maximum atomic E-state index is 10.6. The van der Waals surface area contributed by atoms with Crippen molar-refractivity contribution in [1.29, 1.82) is 0 Å². The van der Waals surface area contributed by atoms with Gasteiger partial charge in [-0.25, -0.2) is 10.1 Å². The first kappa shape index (κ1) is 16.6. The van der Waals surface area contributed by atoms with Crippen molar-refractivity contribution in [3.05, 3.63) is 58.2 Å². The Labute approximate surface area is 109 Å². The lowest BCUT2D eigenvalue weighted by molar-refractivity contribution is -0.491. The van der Waals surface area contributed by atoms with E-state index in [-0.39, 0.29) is 5.56 Å². The monoisotopic (exact) mass is 289 g/mol. The number of nitro benzene ring substituents is 3. The van der Waals surface area contributed by atoms with Crippen LogP contribution in [-0.2, 0) is 0 Å². The number of hydrogen-bond donors (Lipinski definition) is 1. The third-order valence-corrected chi connectivity index (χ3v) is 1.89. The van der Waals surface area contributed by atoms with Gasteiger partial charge in [-0.3, -0.25) is 30.3 Å². The summed E-state index contributed by atoms with van der Waals surface area (Å²) in [5.74, 6) is 3.83. The standard InChI is InChI=1S/C7H5N3O6.H2N2O2/c1-4-2-3-5(8(11)12)7(10(15)16)6(4)9(13)14;1-2(3)4/h2-3H,1H3;1H2. The minimum absolute atomic E-state index is 0.00213. The average Bonchev–Trinajstić information content (AvgIpc) is 2.26. The molecule has 2 N–H and O–H groups in total. The number of rotatable bonds is 3. The van der Waals surface area contributed by atoms with E-state index in [1.54, 1.807) is 0 Å².